The molecule has 1 heterocycles. The van der Waals surface area contributed by atoms with Crippen molar-refractivity contribution in [1.29, 1.82) is 0 Å². The number of nitrogens with two attached hydrogens (primary N) is 1. The van der Waals surface area contributed by atoms with Crippen LogP contribution in [0.25, 0.3) is 0 Å². The second-order valence-electron chi connectivity index (χ2n) is 4.88. The van der Waals surface area contributed by atoms with E-state index in [0.29, 0.717) is 13.4 Å². The summed E-state index contributed by atoms with van der Waals surface area (Å²) in [6, 6.07) is 6.27. The summed E-state index contributed by atoms with van der Waals surface area (Å²) in [5.41, 5.74) is 8.66. The molecule has 1 aliphatic carbocycles. The van der Waals surface area contributed by atoms with Crippen molar-refractivity contribution >= 4 is 0 Å². The summed E-state index contributed by atoms with van der Waals surface area (Å²) in [6.45, 7) is 1.04. The predicted molar refractivity (Wildman–Crippen MR) is 61.2 cm³/mol. The highest BCUT2D eigenvalue weighted by Crippen LogP contribution is 2.38. The Hall–Kier alpha value is -1.06. The Balaban J connectivity index is 1.78. The molecule has 2 N–H and O–H groups in total. The van der Waals surface area contributed by atoms with Gasteiger partial charge in [0.2, 0.25) is 0 Å². The molecule has 3 rings (SSSR count). The highest BCUT2D eigenvalue weighted by atomic mass is 16.7. The zero-order valence-corrected chi connectivity index (χ0v) is 9.37. The molecule has 0 bridgehead atoms. The van der Waals surface area contributed by atoms with Crippen molar-refractivity contribution in [2.45, 2.75) is 37.8 Å². The topological polar surface area (TPSA) is 44.5 Å². The van der Waals surface area contributed by atoms with Gasteiger partial charge in [0, 0.05) is 11.1 Å². The van der Waals surface area contributed by atoms with E-state index < -0.39 is 0 Å². The smallest absolute Gasteiger partial charge is 0.189 e. The first-order valence-electron chi connectivity index (χ1n) is 5.87. The van der Waals surface area contributed by atoms with Gasteiger partial charge in [-0.2, -0.15) is 0 Å². The Kier molecular flexibility index (Phi) is 2.37. The number of benzene rings is 1. The van der Waals surface area contributed by atoms with Gasteiger partial charge in [-0.15, -0.1) is 0 Å². The molecule has 0 amide bonds. The summed E-state index contributed by atoms with van der Waals surface area (Å²) in [6.07, 6.45) is 4.42. The molecule has 0 spiro atoms. The molecule has 0 aromatic heterocycles. The quantitative estimate of drug-likeness (QED) is 0.845. The number of rotatable bonds is 3. The summed E-state index contributed by atoms with van der Waals surface area (Å²) in [5.74, 6) is 1.03. The number of hydrogen-bond acceptors (Lipinski definition) is 3. The van der Waals surface area contributed by atoms with Crippen LogP contribution in [0.4, 0.5) is 0 Å². The minimum atomic E-state index is 0.119. The van der Waals surface area contributed by atoms with E-state index in [1.165, 1.54) is 18.4 Å². The number of fused-ring (bicyclic) bond motifs is 1. The maximum absolute atomic E-state index is 6.10. The Bertz CT molecular complexity index is 399. The van der Waals surface area contributed by atoms with Gasteiger partial charge in [0.05, 0.1) is 6.61 Å². The fourth-order valence-corrected chi connectivity index (χ4v) is 2.18. The molecule has 1 fully saturated rings. The van der Waals surface area contributed by atoms with Crippen molar-refractivity contribution in [3.63, 3.8) is 0 Å². The second-order valence-corrected chi connectivity index (χ2v) is 4.88. The lowest BCUT2D eigenvalue weighted by Crippen LogP contribution is -2.22. The Morgan fingerprint density at radius 3 is 3.00 bits per heavy atom. The van der Waals surface area contributed by atoms with Crippen molar-refractivity contribution in [3.05, 3.63) is 29.3 Å². The molecule has 16 heavy (non-hydrogen) atoms. The lowest BCUT2D eigenvalue weighted by Gasteiger charge is -2.21. The van der Waals surface area contributed by atoms with Crippen LogP contribution in [-0.4, -0.2) is 12.3 Å². The molecule has 0 unspecified atom stereocenters. The van der Waals surface area contributed by atoms with Crippen LogP contribution in [0.15, 0.2) is 18.2 Å². The number of hydrogen-bond donors (Lipinski definition) is 1. The van der Waals surface area contributed by atoms with Gasteiger partial charge in [-0.1, -0.05) is 18.2 Å². The molecule has 3 nitrogen and oxygen atoms in total. The predicted octanol–water partition coefficient (Wildman–Crippen LogP) is 1.98. The van der Waals surface area contributed by atoms with Crippen LogP contribution in [0, 0.1) is 0 Å². The van der Waals surface area contributed by atoms with Gasteiger partial charge in [0.25, 0.3) is 0 Å². The minimum Gasteiger partial charge on any atom is -0.467 e. The van der Waals surface area contributed by atoms with E-state index in [0.717, 1.165) is 24.2 Å². The first-order valence-corrected chi connectivity index (χ1v) is 5.87. The monoisotopic (exact) mass is 219 g/mol. The fraction of sp³-hybridized carbons (Fsp3) is 0.538. The van der Waals surface area contributed by atoms with Crippen molar-refractivity contribution in [3.8, 4) is 5.75 Å². The van der Waals surface area contributed by atoms with E-state index in [4.69, 9.17) is 15.2 Å². The van der Waals surface area contributed by atoms with Gasteiger partial charge in [0.1, 0.15) is 5.75 Å². The van der Waals surface area contributed by atoms with Gasteiger partial charge in [-0.05, 0) is 31.2 Å². The highest BCUT2D eigenvalue weighted by Gasteiger charge is 2.37. The maximum atomic E-state index is 6.10. The molecule has 1 saturated carbocycles. The zero-order chi connectivity index (χ0) is 11.0. The zero-order valence-electron chi connectivity index (χ0n) is 9.37. The standard InChI is InChI=1S/C13H17NO2/c14-13(6-7-13)5-4-10-2-1-3-11-8-15-9-16-12(10)11/h1-3H,4-9,14H2. The van der Waals surface area contributed by atoms with Crippen LogP contribution in [0.1, 0.15) is 30.4 Å². The third-order valence-corrected chi connectivity index (χ3v) is 3.51. The van der Waals surface area contributed by atoms with E-state index >= 15 is 0 Å². The van der Waals surface area contributed by atoms with E-state index in [-0.39, 0.29) is 5.54 Å². The molecule has 0 saturated heterocycles. The van der Waals surface area contributed by atoms with Gasteiger partial charge < -0.3 is 15.2 Å². The third kappa shape index (κ3) is 1.93. The largest absolute Gasteiger partial charge is 0.467 e. The summed E-state index contributed by atoms with van der Waals surface area (Å²) in [4.78, 5) is 0. The molecule has 3 heteroatoms. The molecule has 1 aromatic rings. The molecular formula is C13H17NO2. The molecule has 2 aliphatic rings. The van der Waals surface area contributed by atoms with Gasteiger partial charge in [0.15, 0.2) is 6.79 Å². The average Bonchev–Trinajstić information content (AvgIpc) is 3.05. The van der Waals surface area contributed by atoms with E-state index in [9.17, 15) is 0 Å². The summed E-state index contributed by atoms with van der Waals surface area (Å²) >= 11 is 0. The van der Waals surface area contributed by atoms with Gasteiger partial charge >= 0.3 is 0 Å². The van der Waals surface area contributed by atoms with Crippen LogP contribution in [0.3, 0.4) is 0 Å². The first kappa shape index (κ1) is 10.1. The molecule has 1 aliphatic heterocycles. The summed E-state index contributed by atoms with van der Waals surface area (Å²) in [7, 11) is 0. The van der Waals surface area contributed by atoms with Crippen molar-refractivity contribution in [2.75, 3.05) is 6.79 Å². The molecule has 86 valence electrons. The normalized spacial score (nSPS) is 21.1. The van der Waals surface area contributed by atoms with Crippen molar-refractivity contribution in [2.24, 2.45) is 5.73 Å². The SMILES string of the molecule is NC1(CCc2cccc3c2OCOC3)CC1. The summed E-state index contributed by atoms with van der Waals surface area (Å²) < 4.78 is 10.8. The summed E-state index contributed by atoms with van der Waals surface area (Å²) in [5, 5.41) is 0. The lowest BCUT2D eigenvalue weighted by atomic mass is 10.0. The van der Waals surface area contributed by atoms with E-state index in [2.05, 4.69) is 18.2 Å². The van der Waals surface area contributed by atoms with Gasteiger partial charge in [-0.3, -0.25) is 0 Å². The van der Waals surface area contributed by atoms with Gasteiger partial charge in [-0.25, -0.2) is 0 Å². The Labute approximate surface area is 95.5 Å². The Morgan fingerprint density at radius 2 is 2.19 bits per heavy atom. The lowest BCUT2D eigenvalue weighted by molar-refractivity contribution is -0.0170. The third-order valence-electron chi connectivity index (χ3n) is 3.51. The second kappa shape index (κ2) is 3.75. The molecular weight excluding hydrogens is 202 g/mol. The van der Waals surface area contributed by atoms with Crippen molar-refractivity contribution < 1.29 is 9.47 Å². The molecule has 0 radical (unpaired) electrons. The molecule has 1 aromatic carbocycles. The van der Waals surface area contributed by atoms with Crippen molar-refractivity contribution in [1.82, 2.24) is 0 Å². The average molecular weight is 219 g/mol. The maximum Gasteiger partial charge on any atom is 0.189 e. The van der Waals surface area contributed by atoms with Crippen LogP contribution in [0.5, 0.6) is 5.75 Å². The van der Waals surface area contributed by atoms with Crippen LogP contribution < -0.4 is 10.5 Å². The fourth-order valence-electron chi connectivity index (χ4n) is 2.18. The number of aryl methyl sites for hydroxylation is 1. The van der Waals surface area contributed by atoms with E-state index in [1.807, 2.05) is 0 Å². The first-order chi connectivity index (χ1) is 7.77. The number of para-hydroxylation sites is 1. The van der Waals surface area contributed by atoms with E-state index in [1.54, 1.807) is 0 Å². The van der Waals surface area contributed by atoms with Crippen LogP contribution in [-0.2, 0) is 17.8 Å². The van der Waals surface area contributed by atoms with Crippen LogP contribution in [0.2, 0.25) is 0 Å². The Morgan fingerprint density at radius 1 is 1.31 bits per heavy atom. The number of ether oxygens (including phenoxy) is 2. The molecule has 0 atom stereocenters. The minimum absolute atomic E-state index is 0.119. The highest BCUT2D eigenvalue weighted by molar-refractivity contribution is 5.42. The van der Waals surface area contributed by atoms with Crippen LogP contribution >= 0.6 is 0 Å².